The second kappa shape index (κ2) is 8.55. The number of fused-ring (bicyclic) bond motifs is 2. The topological polar surface area (TPSA) is 99.7 Å². The van der Waals surface area contributed by atoms with Crippen molar-refractivity contribution < 1.29 is 18.0 Å². The second-order valence-electron chi connectivity index (χ2n) is 8.70. The van der Waals surface area contributed by atoms with Gasteiger partial charge in [-0.25, -0.2) is 13.4 Å². The molecule has 3 aliphatic rings. The van der Waals surface area contributed by atoms with Crippen molar-refractivity contribution in [3.8, 4) is 0 Å². The lowest BCUT2D eigenvalue weighted by atomic mass is 10.0. The van der Waals surface area contributed by atoms with Crippen LogP contribution in [-0.2, 0) is 26.0 Å². The van der Waals surface area contributed by atoms with Crippen LogP contribution in [0, 0.1) is 11.8 Å². The first-order valence-corrected chi connectivity index (χ1v) is 12.6. The number of aromatic nitrogens is 1. The van der Waals surface area contributed by atoms with Crippen LogP contribution in [0.5, 0.6) is 0 Å². The van der Waals surface area contributed by atoms with Crippen molar-refractivity contribution in [1.29, 1.82) is 0 Å². The van der Waals surface area contributed by atoms with Crippen LogP contribution in [0.15, 0.2) is 47.5 Å². The Hall–Kier alpha value is -2.75. The summed E-state index contributed by atoms with van der Waals surface area (Å²) >= 11 is 5.88. The number of benzene rings is 1. The molecule has 3 aliphatic heterocycles. The zero-order valence-electron chi connectivity index (χ0n) is 17.8. The minimum atomic E-state index is -3.57. The van der Waals surface area contributed by atoms with Crippen molar-refractivity contribution in [2.75, 3.05) is 31.5 Å². The number of sulfonamides is 1. The van der Waals surface area contributed by atoms with Crippen LogP contribution >= 0.6 is 11.6 Å². The lowest BCUT2D eigenvalue weighted by Gasteiger charge is -2.21. The summed E-state index contributed by atoms with van der Waals surface area (Å²) in [6, 6.07) is 8.13. The van der Waals surface area contributed by atoms with Gasteiger partial charge in [0.1, 0.15) is 5.82 Å². The Morgan fingerprint density at radius 3 is 2.48 bits per heavy atom. The van der Waals surface area contributed by atoms with Crippen molar-refractivity contribution >= 4 is 45.3 Å². The number of halogens is 1. The number of hydrogen-bond donors (Lipinski definition) is 1. The van der Waals surface area contributed by atoms with Gasteiger partial charge in [0, 0.05) is 49.9 Å². The molecule has 1 aromatic carbocycles. The van der Waals surface area contributed by atoms with Crippen LogP contribution in [0.4, 0.5) is 5.82 Å². The van der Waals surface area contributed by atoms with Crippen molar-refractivity contribution in [2.45, 2.75) is 17.7 Å². The zero-order chi connectivity index (χ0) is 23.2. The molecular weight excluding hydrogens is 464 g/mol. The molecule has 172 valence electrons. The third kappa shape index (κ3) is 4.40. The maximum absolute atomic E-state index is 12.9. The summed E-state index contributed by atoms with van der Waals surface area (Å²) in [4.78, 5) is 30.5. The standard InChI is InChI=1S/C23H23ClN4O4S/c24-19-3-5-20(6-4-19)33(31,32)28-13-17-11-27(12-18(17)14-28)22(30)8-1-15-9-16-2-7-21(29)26-23(16)25-10-15/h1,3-6,8-10,17-18H,2,7,11-14H2,(H,25,26,29)/b8-1+/t17-,18+. The number of carbonyl (C=O) groups is 2. The Morgan fingerprint density at radius 1 is 1.09 bits per heavy atom. The number of carbonyl (C=O) groups excluding carboxylic acids is 2. The van der Waals surface area contributed by atoms with Crippen LogP contribution in [0.25, 0.3) is 6.08 Å². The highest BCUT2D eigenvalue weighted by Crippen LogP contribution is 2.34. The van der Waals surface area contributed by atoms with Gasteiger partial charge in [-0.1, -0.05) is 11.6 Å². The van der Waals surface area contributed by atoms with Gasteiger partial charge in [-0.15, -0.1) is 0 Å². The van der Waals surface area contributed by atoms with E-state index in [1.54, 1.807) is 29.3 Å². The number of hydrogen-bond acceptors (Lipinski definition) is 5. The predicted molar refractivity (Wildman–Crippen MR) is 124 cm³/mol. The summed E-state index contributed by atoms with van der Waals surface area (Å²) in [7, 11) is -3.57. The van der Waals surface area contributed by atoms with E-state index in [2.05, 4.69) is 10.3 Å². The average Bonchev–Trinajstić information content (AvgIpc) is 3.38. The Labute approximate surface area is 197 Å². The molecule has 8 nitrogen and oxygen atoms in total. The highest BCUT2D eigenvalue weighted by atomic mass is 35.5. The van der Waals surface area contributed by atoms with Crippen molar-refractivity contribution in [3.63, 3.8) is 0 Å². The molecular formula is C23H23ClN4O4S. The second-order valence-corrected chi connectivity index (χ2v) is 11.1. The van der Waals surface area contributed by atoms with Crippen LogP contribution in [0.3, 0.4) is 0 Å². The fraction of sp³-hybridized carbons (Fsp3) is 0.348. The zero-order valence-corrected chi connectivity index (χ0v) is 19.3. The van der Waals surface area contributed by atoms with Crippen molar-refractivity contribution in [2.24, 2.45) is 11.8 Å². The van der Waals surface area contributed by atoms with E-state index in [4.69, 9.17) is 11.6 Å². The Morgan fingerprint density at radius 2 is 1.79 bits per heavy atom. The van der Waals surface area contributed by atoms with Gasteiger partial charge < -0.3 is 10.2 Å². The number of anilines is 1. The number of nitrogens with one attached hydrogen (secondary N) is 1. The third-order valence-electron chi connectivity index (χ3n) is 6.50. The monoisotopic (exact) mass is 486 g/mol. The van der Waals surface area contributed by atoms with Gasteiger partial charge in [0.2, 0.25) is 21.8 Å². The van der Waals surface area contributed by atoms with Gasteiger partial charge in [0.25, 0.3) is 0 Å². The molecule has 0 radical (unpaired) electrons. The molecule has 2 atom stereocenters. The molecule has 0 spiro atoms. The van der Waals surface area contributed by atoms with E-state index in [0.29, 0.717) is 49.9 Å². The summed E-state index contributed by atoms with van der Waals surface area (Å²) in [5.74, 6) is 0.701. The van der Waals surface area contributed by atoms with Crippen molar-refractivity contribution in [3.05, 3.63) is 58.8 Å². The molecule has 2 aromatic rings. The number of aryl methyl sites for hydroxylation is 1. The van der Waals surface area contributed by atoms with Crippen LogP contribution in [0.1, 0.15) is 17.5 Å². The summed E-state index contributed by atoms with van der Waals surface area (Å²) in [5, 5.41) is 3.24. The average molecular weight is 487 g/mol. The highest BCUT2D eigenvalue weighted by Gasteiger charge is 2.45. The van der Waals surface area contributed by atoms with E-state index in [0.717, 1.165) is 11.1 Å². The summed E-state index contributed by atoms with van der Waals surface area (Å²) in [5.41, 5.74) is 1.76. The molecule has 0 aliphatic carbocycles. The first-order chi connectivity index (χ1) is 15.8. The first-order valence-electron chi connectivity index (χ1n) is 10.8. The summed E-state index contributed by atoms with van der Waals surface area (Å²) in [6.07, 6.45) is 5.97. The van der Waals surface area contributed by atoms with Gasteiger partial charge in [0.15, 0.2) is 0 Å². The molecule has 2 saturated heterocycles. The molecule has 0 saturated carbocycles. The summed E-state index contributed by atoms with van der Waals surface area (Å²) < 4.78 is 27.4. The van der Waals surface area contributed by atoms with Gasteiger partial charge >= 0.3 is 0 Å². The van der Waals surface area contributed by atoms with Crippen LogP contribution in [-0.4, -0.2) is 60.6 Å². The highest BCUT2D eigenvalue weighted by molar-refractivity contribution is 7.89. The SMILES string of the molecule is O=C1CCc2cc(/C=C/C(=O)N3C[C@@H]4CN(S(=O)(=O)c5ccc(Cl)cc5)C[C@@H]4C3)cnc2N1. The van der Waals surface area contributed by atoms with E-state index in [9.17, 15) is 18.0 Å². The van der Waals surface area contributed by atoms with Gasteiger partial charge in [-0.3, -0.25) is 9.59 Å². The molecule has 2 amide bonds. The molecule has 1 aromatic heterocycles. The number of nitrogens with zero attached hydrogens (tertiary/aromatic N) is 3. The lowest BCUT2D eigenvalue weighted by molar-refractivity contribution is -0.125. The quantitative estimate of drug-likeness (QED) is 0.669. The van der Waals surface area contributed by atoms with E-state index in [1.165, 1.54) is 22.5 Å². The molecule has 33 heavy (non-hydrogen) atoms. The summed E-state index contributed by atoms with van der Waals surface area (Å²) in [6.45, 7) is 1.89. The Kier molecular flexibility index (Phi) is 5.72. The van der Waals surface area contributed by atoms with E-state index in [-0.39, 0.29) is 28.5 Å². The molecule has 5 rings (SSSR count). The van der Waals surface area contributed by atoms with Crippen LogP contribution in [0.2, 0.25) is 5.02 Å². The normalized spacial score (nSPS) is 22.9. The minimum Gasteiger partial charge on any atom is -0.338 e. The molecule has 2 fully saturated rings. The third-order valence-corrected chi connectivity index (χ3v) is 8.60. The van der Waals surface area contributed by atoms with Crippen molar-refractivity contribution in [1.82, 2.24) is 14.2 Å². The molecule has 0 unspecified atom stereocenters. The molecule has 0 bridgehead atoms. The maximum atomic E-state index is 12.9. The lowest BCUT2D eigenvalue weighted by Crippen LogP contribution is -2.35. The number of pyridine rings is 1. The van der Waals surface area contributed by atoms with Gasteiger partial charge in [0.05, 0.1) is 4.90 Å². The number of likely N-dealkylation sites (tertiary alicyclic amines) is 1. The van der Waals surface area contributed by atoms with E-state index >= 15 is 0 Å². The number of rotatable bonds is 4. The van der Waals surface area contributed by atoms with E-state index < -0.39 is 10.0 Å². The smallest absolute Gasteiger partial charge is 0.246 e. The Bertz CT molecular complexity index is 1230. The fourth-order valence-electron chi connectivity index (χ4n) is 4.72. The van der Waals surface area contributed by atoms with E-state index in [1.807, 2.05) is 6.07 Å². The van der Waals surface area contributed by atoms with Gasteiger partial charge in [-0.2, -0.15) is 4.31 Å². The van der Waals surface area contributed by atoms with Gasteiger partial charge in [-0.05, 0) is 65.8 Å². The first kappa shape index (κ1) is 22.1. The molecule has 10 heteroatoms. The molecule has 4 heterocycles. The van der Waals surface area contributed by atoms with Crippen LogP contribution < -0.4 is 5.32 Å². The maximum Gasteiger partial charge on any atom is 0.246 e. The fourth-order valence-corrected chi connectivity index (χ4v) is 6.40. The predicted octanol–water partition coefficient (Wildman–Crippen LogP) is 2.41. The number of amides is 2. The largest absolute Gasteiger partial charge is 0.338 e. The Balaban J connectivity index is 1.20. The molecule has 1 N–H and O–H groups in total. The minimum absolute atomic E-state index is 0.0346.